The maximum Gasteiger partial charge on any atom is 0.291 e. The van der Waals surface area contributed by atoms with Gasteiger partial charge in [0.1, 0.15) is 0 Å². The van der Waals surface area contributed by atoms with Gasteiger partial charge in [0.15, 0.2) is 0 Å². The van der Waals surface area contributed by atoms with Crippen molar-refractivity contribution < 1.29 is 9.53 Å². The monoisotopic (exact) mass is 366 g/mol. The molecule has 0 radical (unpaired) electrons. The van der Waals surface area contributed by atoms with Crippen molar-refractivity contribution in [1.29, 1.82) is 0 Å². The van der Waals surface area contributed by atoms with E-state index < -0.39 is 0 Å². The number of pyridine rings is 1. The van der Waals surface area contributed by atoms with Gasteiger partial charge in [-0.1, -0.05) is 6.07 Å². The number of fused-ring (bicyclic) bond motifs is 1. The maximum atomic E-state index is 12.9. The van der Waals surface area contributed by atoms with E-state index in [2.05, 4.69) is 25.4 Å². The topological polar surface area (TPSA) is 94.3 Å². The molecule has 1 N–H and O–H groups in total. The van der Waals surface area contributed by atoms with Crippen LogP contribution in [-0.2, 0) is 4.74 Å². The third kappa shape index (κ3) is 3.66. The molecule has 1 aliphatic heterocycles. The Balaban J connectivity index is 1.62. The lowest BCUT2D eigenvalue weighted by Gasteiger charge is -2.30. The van der Waals surface area contributed by atoms with Crippen LogP contribution < -0.4 is 5.32 Å². The van der Waals surface area contributed by atoms with Crippen LogP contribution in [0.1, 0.15) is 46.5 Å². The molecule has 1 amide bonds. The quantitative estimate of drug-likeness (QED) is 0.759. The molecule has 0 aromatic carbocycles. The minimum Gasteiger partial charge on any atom is -0.381 e. The molecule has 8 heteroatoms. The van der Waals surface area contributed by atoms with E-state index in [0.717, 1.165) is 29.8 Å². The summed E-state index contributed by atoms with van der Waals surface area (Å²) in [5.74, 6) is 0.530. The summed E-state index contributed by atoms with van der Waals surface area (Å²) in [5.41, 5.74) is 2.71. The third-order valence-corrected chi connectivity index (χ3v) is 4.89. The first-order chi connectivity index (χ1) is 13.1. The number of aromatic nitrogens is 5. The fourth-order valence-electron chi connectivity index (χ4n) is 3.55. The lowest BCUT2D eigenvalue weighted by Crippen LogP contribution is -2.36. The number of ether oxygens (including phenoxy) is 1. The largest absolute Gasteiger partial charge is 0.381 e. The molecule has 1 aliphatic rings. The molecule has 27 heavy (non-hydrogen) atoms. The van der Waals surface area contributed by atoms with Gasteiger partial charge in [0.2, 0.25) is 5.82 Å². The minimum atomic E-state index is -0.308. The Morgan fingerprint density at radius 1 is 1.30 bits per heavy atom. The second-order valence-corrected chi connectivity index (χ2v) is 6.87. The number of amides is 1. The van der Waals surface area contributed by atoms with E-state index in [0.29, 0.717) is 19.0 Å². The first-order valence-corrected chi connectivity index (χ1v) is 9.11. The predicted molar refractivity (Wildman–Crippen MR) is 98.2 cm³/mol. The summed E-state index contributed by atoms with van der Waals surface area (Å²) in [5, 5.41) is 7.45. The normalized spacial score (nSPS) is 16.4. The fraction of sp³-hybridized carbons (Fsp3) is 0.421. The van der Waals surface area contributed by atoms with E-state index >= 15 is 0 Å². The van der Waals surface area contributed by atoms with Crippen LogP contribution in [-0.4, -0.2) is 43.7 Å². The third-order valence-electron chi connectivity index (χ3n) is 4.89. The Labute approximate surface area is 157 Å². The van der Waals surface area contributed by atoms with Crippen molar-refractivity contribution in [2.45, 2.75) is 32.7 Å². The number of carbonyl (C=O) groups is 1. The van der Waals surface area contributed by atoms with Crippen molar-refractivity contribution in [3.05, 3.63) is 53.4 Å². The number of carbonyl (C=O) groups excluding carboxylic acids is 1. The van der Waals surface area contributed by atoms with Crippen molar-refractivity contribution in [1.82, 2.24) is 29.9 Å². The first kappa shape index (κ1) is 17.5. The van der Waals surface area contributed by atoms with E-state index in [1.165, 1.54) is 0 Å². The molecular formula is C19H22N6O2. The zero-order valence-electron chi connectivity index (χ0n) is 15.4. The van der Waals surface area contributed by atoms with Gasteiger partial charge in [0.05, 0.1) is 6.04 Å². The van der Waals surface area contributed by atoms with Gasteiger partial charge in [-0.15, -0.1) is 5.10 Å². The van der Waals surface area contributed by atoms with Crippen LogP contribution in [0.2, 0.25) is 0 Å². The molecule has 1 atom stereocenters. The molecule has 0 bridgehead atoms. The van der Waals surface area contributed by atoms with Gasteiger partial charge in [0.25, 0.3) is 11.7 Å². The molecule has 3 aromatic heterocycles. The van der Waals surface area contributed by atoms with Crippen LogP contribution in [0, 0.1) is 19.8 Å². The van der Waals surface area contributed by atoms with Crippen molar-refractivity contribution in [3.8, 4) is 0 Å². The van der Waals surface area contributed by atoms with Gasteiger partial charge in [-0.2, -0.15) is 4.98 Å². The molecule has 1 unspecified atom stereocenters. The van der Waals surface area contributed by atoms with Crippen LogP contribution in [0.4, 0.5) is 0 Å². The second-order valence-electron chi connectivity index (χ2n) is 6.87. The number of hydrogen-bond donors (Lipinski definition) is 1. The number of aryl methyl sites for hydroxylation is 2. The van der Waals surface area contributed by atoms with Gasteiger partial charge in [-0.05, 0) is 50.3 Å². The fourth-order valence-corrected chi connectivity index (χ4v) is 3.55. The summed E-state index contributed by atoms with van der Waals surface area (Å²) in [6.45, 7) is 5.21. The van der Waals surface area contributed by atoms with E-state index in [9.17, 15) is 4.79 Å². The van der Waals surface area contributed by atoms with Gasteiger partial charge in [0, 0.05) is 37.0 Å². The number of nitrogens with one attached hydrogen (secondary N) is 1. The summed E-state index contributed by atoms with van der Waals surface area (Å²) in [6.07, 6.45) is 5.30. The molecule has 0 saturated carbocycles. The van der Waals surface area contributed by atoms with E-state index in [4.69, 9.17) is 4.74 Å². The Kier molecular flexibility index (Phi) is 4.81. The highest BCUT2D eigenvalue weighted by Crippen LogP contribution is 2.30. The highest BCUT2D eigenvalue weighted by Gasteiger charge is 2.28. The van der Waals surface area contributed by atoms with Crippen molar-refractivity contribution in [2.75, 3.05) is 13.2 Å². The first-order valence-electron chi connectivity index (χ1n) is 9.11. The molecule has 1 saturated heterocycles. The van der Waals surface area contributed by atoms with E-state index in [1.54, 1.807) is 16.9 Å². The standard InChI is InChI=1S/C19H22N6O2/c1-12-10-13(2)25-19(21-12)23-17(24-25)18(26)22-16(14-5-8-27-9-6-14)15-4-3-7-20-11-15/h3-4,7,10-11,14,16H,5-6,8-9H2,1-2H3,(H,22,26). The molecule has 0 spiro atoms. The minimum absolute atomic E-state index is 0.122. The summed E-state index contributed by atoms with van der Waals surface area (Å²) in [7, 11) is 0. The van der Waals surface area contributed by atoms with Crippen molar-refractivity contribution in [3.63, 3.8) is 0 Å². The van der Waals surface area contributed by atoms with Crippen molar-refractivity contribution in [2.24, 2.45) is 5.92 Å². The van der Waals surface area contributed by atoms with Crippen LogP contribution >= 0.6 is 0 Å². The van der Waals surface area contributed by atoms with E-state index in [-0.39, 0.29) is 23.7 Å². The number of hydrogen-bond acceptors (Lipinski definition) is 6. The van der Waals surface area contributed by atoms with Gasteiger partial charge < -0.3 is 10.1 Å². The van der Waals surface area contributed by atoms with Crippen molar-refractivity contribution >= 4 is 11.7 Å². The summed E-state index contributed by atoms with van der Waals surface area (Å²) in [4.78, 5) is 25.8. The summed E-state index contributed by atoms with van der Waals surface area (Å²) < 4.78 is 7.07. The summed E-state index contributed by atoms with van der Waals surface area (Å²) in [6, 6.07) is 5.62. The lowest BCUT2D eigenvalue weighted by molar-refractivity contribution is 0.0512. The molecular weight excluding hydrogens is 344 g/mol. The van der Waals surface area contributed by atoms with Crippen LogP contribution in [0.5, 0.6) is 0 Å². The Morgan fingerprint density at radius 2 is 2.11 bits per heavy atom. The zero-order chi connectivity index (χ0) is 18.8. The van der Waals surface area contributed by atoms with Gasteiger partial charge in [-0.25, -0.2) is 9.50 Å². The molecule has 0 aliphatic carbocycles. The molecule has 1 fully saturated rings. The second kappa shape index (κ2) is 7.40. The molecule has 4 heterocycles. The lowest BCUT2D eigenvalue weighted by atomic mass is 9.87. The van der Waals surface area contributed by atoms with Crippen LogP contribution in [0.25, 0.3) is 5.78 Å². The Hall–Kier alpha value is -2.87. The van der Waals surface area contributed by atoms with E-state index in [1.807, 2.05) is 32.0 Å². The Morgan fingerprint density at radius 3 is 2.85 bits per heavy atom. The van der Waals surface area contributed by atoms with Gasteiger partial charge in [-0.3, -0.25) is 9.78 Å². The predicted octanol–water partition coefficient (Wildman–Crippen LogP) is 2.03. The molecule has 3 aromatic rings. The number of nitrogens with zero attached hydrogens (tertiary/aromatic N) is 5. The zero-order valence-corrected chi connectivity index (χ0v) is 15.4. The van der Waals surface area contributed by atoms with Gasteiger partial charge >= 0.3 is 0 Å². The molecule has 4 rings (SSSR count). The molecule has 140 valence electrons. The Bertz CT molecular complexity index is 949. The number of rotatable bonds is 4. The molecule has 8 nitrogen and oxygen atoms in total. The highest BCUT2D eigenvalue weighted by molar-refractivity contribution is 5.91. The van der Waals surface area contributed by atoms with Crippen LogP contribution in [0.15, 0.2) is 30.6 Å². The summed E-state index contributed by atoms with van der Waals surface area (Å²) >= 11 is 0. The maximum absolute atomic E-state index is 12.9. The average molecular weight is 366 g/mol. The SMILES string of the molecule is Cc1cc(C)n2nc(C(=O)NC(c3cccnc3)C3CCOCC3)nc2n1. The highest BCUT2D eigenvalue weighted by atomic mass is 16.5. The van der Waals surface area contributed by atoms with Crippen LogP contribution in [0.3, 0.4) is 0 Å². The average Bonchev–Trinajstić information content (AvgIpc) is 3.12. The smallest absolute Gasteiger partial charge is 0.291 e.